The van der Waals surface area contributed by atoms with Gasteiger partial charge in [-0.25, -0.2) is 0 Å². The van der Waals surface area contributed by atoms with Crippen molar-refractivity contribution in [1.82, 2.24) is 14.7 Å². The van der Waals surface area contributed by atoms with Crippen LogP contribution in [-0.4, -0.2) is 73.1 Å². The van der Waals surface area contributed by atoms with Crippen LogP contribution in [0, 0.1) is 11.3 Å². The second kappa shape index (κ2) is 5.34. The Morgan fingerprint density at radius 2 is 1.68 bits per heavy atom. The molecule has 3 aliphatic heterocycles. The molecule has 0 N–H and O–H groups in total. The molecule has 0 aromatic carbocycles. The average Bonchev–Trinajstić information content (AvgIpc) is 2.91. The molecule has 1 spiro atoms. The topological polar surface area (TPSA) is 9.72 Å². The van der Waals surface area contributed by atoms with Gasteiger partial charge in [0.05, 0.1) is 0 Å². The lowest BCUT2D eigenvalue weighted by molar-refractivity contribution is 0.0449. The van der Waals surface area contributed by atoms with E-state index in [9.17, 15) is 0 Å². The molecule has 110 valence electrons. The summed E-state index contributed by atoms with van der Waals surface area (Å²) in [7, 11) is 0. The molecule has 0 radical (unpaired) electrons. The fourth-order valence-corrected chi connectivity index (χ4v) is 4.33. The Morgan fingerprint density at radius 3 is 2.26 bits per heavy atom. The van der Waals surface area contributed by atoms with Crippen LogP contribution in [0.3, 0.4) is 0 Å². The van der Waals surface area contributed by atoms with Gasteiger partial charge in [-0.3, -0.25) is 0 Å². The maximum Gasteiger partial charge on any atom is 0.00513 e. The minimum atomic E-state index is 0.664. The zero-order valence-corrected chi connectivity index (χ0v) is 13.1. The van der Waals surface area contributed by atoms with E-state index in [4.69, 9.17) is 0 Å². The molecule has 3 aliphatic rings. The van der Waals surface area contributed by atoms with Crippen molar-refractivity contribution in [2.75, 3.05) is 52.4 Å². The maximum absolute atomic E-state index is 2.77. The van der Waals surface area contributed by atoms with E-state index in [1.165, 1.54) is 65.2 Å². The summed E-state index contributed by atoms with van der Waals surface area (Å²) < 4.78 is 0. The molecule has 3 nitrogen and oxygen atoms in total. The van der Waals surface area contributed by atoms with Gasteiger partial charge in [0.1, 0.15) is 0 Å². The molecule has 0 aliphatic carbocycles. The molecule has 3 rings (SSSR count). The van der Waals surface area contributed by atoms with Crippen LogP contribution in [-0.2, 0) is 0 Å². The van der Waals surface area contributed by atoms with Crippen molar-refractivity contribution >= 4 is 0 Å². The molecule has 1 unspecified atom stereocenters. The average molecular weight is 265 g/mol. The van der Waals surface area contributed by atoms with Crippen molar-refractivity contribution in [1.29, 1.82) is 0 Å². The highest BCUT2D eigenvalue weighted by Gasteiger charge is 2.43. The molecule has 3 fully saturated rings. The van der Waals surface area contributed by atoms with Crippen LogP contribution < -0.4 is 0 Å². The van der Waals surface area contributed by atoms with E-state index in [1.807, 2.05) is 0 Å². The third-order valence-corrected chi connectivity index (χ3v) is 5.71. The van der Waals surface area contributed by atoms with Gasteiger partial charge in [-0.2, -0.15) is 0 Å². The van der Waals surface area contributed by atoms with Gasteiger partial charge in [0.25, 0.3) is 0 Å². The van der Waals surface area contributed by atoms with Crippen LogP contribution in [0.1, 0.15) is 33.6 Å². The maximum atomic E-state index is 2.77. The van der Waals surface area contributed by atoms with Gasteiger partial charge < -0.3 is 14.7 Å². The normalized spacial score (nSPS) is 34.7. The quantitative estimate of drug-likeness (QED) is 0.767. The van der Waals surface area contributed by atoms with Crippen molar-refractivity contribution in [2.24, 2.45) is 11.3 Å². The molecular weight excluding hydrogens is 234 g/mol. The van der Waals surface area contributed by atoms with Crippen molar-refractivity contribution in [2.45, 2.75) is 39.7 Å². The number of nitrogens with zero attached hydrogens (tertiary/aromatic N) is 3. The first kappa shape index (κ1) is 13.8. The van der Waals surface area contributed by atoms with Crippen LogP contribution in [0.15, 0.2) is 0 Å². The molecule has 0 bridgehead atoms. The zero-order chi connectivity index (χ0) is 13.5. The van der Waals surface area contributed by atoms with Crippen molar-refractivity contribution in [3.63, 3.8) is 0 Å². The van der Waals surface area contributed by atoms with Crippen LogP contribution in [0.4, 0.5) is 0 Å². The van der Waals surface area contributed by atoms with E-state index in [0.29, 0.717) is 5.41 Å². The lowest BCUT2D eigenvalue weighted by Crippen LogP contribution is -2.53. The van der Waals surface area contributed by atoms with E-state index >= 15 is 0 Å². The summed E-state index contributed by atoms with van der Waals surface area (Å²) in [4.78, 5) is 8.01. The summed E-state index contributed by atoms with van der Waals surface area (Å²) in [5.74, 6) is 0.946. The monoisotopic (exact) mass is 265 g/mol. The smallest absolute Gasteiger partial charge is 0.00513 e. The van der Waals surface area contributed by atoms with E-state index in [2.05, 4.69) is 35.5 Å². The number of rotatable bonds is 4. The fourth-order valence-electron chi connectivity index (χ4n) is 4.33. The molecule has 0 saturated carbocycles. The number of hydrogen-bond acceptors (Lipinski definition) is 3. The predicted molar refractivity (Wildman–Crippen MR) is 80.4 cm³/mol. The summed E-state index contributed by atoms with van der Waals surface area (Å²) in [6, 6.07) is 0.745. The first-order chi connectivity index (χ1) is 9.10. The van der Waals surface area contributed by atoms with Gasteiger partial charge in [0.15, 0.2) is 0 Å². The van der Waals surface area contributed by atoms with Gasteiger partial charge in [-0.1, -0.05) is 6.92 Å². The molecule has 19 heavy (non-hydrogen) atoms. The first-order valence-electron chi connectivity index (χ1n) is 8.29. The molecule has 3 heterocycles. The summed E-state index contributed by atoms with van der Waals surface area (Å²) in [5, 5.41) is 0. The molecule has 1 atom stereocenters. The summed E-state index contributed by atoms with van der Waals surface area (Å²) >= 11 is 0. The minimum Gasteiger partial charge on any atom is -0.303 e. The second-order valence-corrected chi connectivity index (χ2v) is 7.52. The van der Waals surface area contributed by atoms with Gasteiger partial charge in [-0.05, 0) is 57.7 Å². The number of likely N-dealkylation sites (tertiary alicyclic amines) is 3. The SMILES string of the molecule is CCN1CCC2(CCN(CC3CN(C(C)C)C3)C2)C1. The lowest BCUT2D eigenvalue weighted by atomic mass is 9.86. The first-order valence-corrected chi connectivity index (χ1v) is 8.29. The third-order valence-electron chi connectivity index (χ3n) is 5.71. The van der Waals surface area contributed by atoms with Crippen LogP contribution in [0.2, 0.25) is 0 Å². The van der Waals surface area contributed by atoms with Gasteiger partial charge >= 0.3 is 0 Å². The predicted octanol–water partition coefficient (Wildman–Crippen LogP) is 1.74. The van der Waals surface area contributed by atoms with Crippen LogP contribution in [0.5, 0.6) is 0 Å². The molecule has 3 saturated heterocycles. The second-order valence-electron chi connectivity index (χ2n) is 7.52. The van der Waals surface area contributed by atoms with Gasteiger partial charge in [-0.15, -0.1) is 0 Å². The Balaban J connectivity index is 1.43. The molecule has 0 aromatic rings. The van der Waals surface area contributed by atoms with Gasteiger partial charge in [0, 0.05) is 38.8 Å². The Kier molecular flexibility index (Phi) is 3.89. The van der Waals surface area contributed by atoms with E-state index in [1.54, 1.807) is 0 Å². The largest absolute Gasteiger partial charge is 0.303 e. The molecular formula is C16H31N3. The minimum absolute atomic E-state index is 0.664. The Hall–Kier alpha value is -0.120. The van der Waals surface area contributed by atoms with Crippen molar-refractivity contribution < 1.29 is 0 Å². The van der Waals surface area contributed by atoms with E-state index in [-0.39, 0.29) is 0 Å². The zero-order valence-electron chi connectivity index (χ0n) is 13.1. The number of hydrogen-bond donors (Lipinski definition) is 0. The van der Waals surface area contributed by atoms with Crippen LogP contribution in [0.25, 0.3) is 0 Å². The third kappa shape index (κ3) is 2.84. The summed E-state index contributed by atoms with van der Waals surface area (Å²) in [6.07, 6.45) is 2.89. The standard InChI is InChI=1S/C16H31N3/c1-4-17-7-5-16(12-17)6-8-18(13-16)9-15-10-19(11-15)14(2)3/h14-15H,4-13H2,1-3H3. The van der Waals surface area contributed by atoms with Crippen molar-refractivity contribution in [3.8, 4) is 0 Å². The highest BCUT2D eigenvalue weighted by molar-refractivity contribution is 4.98. The Labute approximate surface area is 118 Å². The van der Waals surface area contributed by atoms with E-state index < -0.39 is 0 Å². The Bertz CT molecular complexity index is 311. The summed E-state index contributed by atoms with van der Waals surface area (Å²) in [5.41, 5.74) is 0.664. The molecule has 0 amide bonds. The fraction of sp³-hybridized carbons (Fsp3) is 1.00. The van der Waals surface area contributed by atoms with Gasteiger partial charge in [0.2, 0.25) is 0 Å². The lowest BCUT2D eigenvalue weighted by Gasteiger charge is -2.43. The molecule has 3 heteroatoms. The van der Waals surface area contributed by atoms with E-state index in [0.717, 1.165) is 12.0 Å². The highest BCUT2D eigenvalue weighted by atomic mass is 15.3. The van der Waals surface area contributed by atoms with Crippen LogP contribution >= 0.6 is 0 Å². The Morgan fingerprint density at radius 1 is 1.05 bits per heavy atom. The van der Waals surface area contributed by atoms with Crippen molar-refractivity contribution in [3.05, 3.63) is 0 Å². The molecule has 0 aromatic heterocycles. The highest BCUT2D eigenvalue weighted by Crippen LogP contribution is 2.39. The summed E-state index contributed by atoms with van der Waals surface area (Å²) in [6.45, 7) is 17.7.